The van der Waals surface area contributed by atoms with Gasteiger partial charge in [-0.15, -0.1) is 0 Å². The van der Waals surface area contributed by atoms with Gasteiger partial charge in [-0.05, 0) is 42.5 Å². The van der Waals surface area contributed by atoms with Crippen LogP contribution in [0.3, 0.4) is 0 Å². The van der Waals surface area contributed by atoms with Gasteiger partial charge in [-0.3, -0.25) is 4.72 Å². The summed E-state index contributed by atoms with van der Waals surface area (Å²) in [6.07, 6.45) is 1.41. The molecule has 8 heteroatoms. The number of nitrogens with one attached hydrogen (secondary N) is 2. The molecule has 0 radical (unpaired) electrons. The average molecular weight is 365 g/mol. The molecule has 1 aromatic heterocycles. The van der Waals surface area contributed by atoms with Gasteiger partial charge >= 0.3 is 5.97 Å². The molecule has 0 aliphatic heterocycles. The van der Waals surface area contributed by atoms with Crippen molar-refractivity contribution >= 4 is 44.2 Å². The van der Waals surface area contributed by atoms with Crippen molar-refractivity contribution in [1.82, 2.24) is 4.98 Å². The highest BCUT2D eigenvalue weighted by molar-refractivity contribution is 7.93. The fourth-order valence-corrected chi connectivity index (χ4v) is 3.71. The van der Waals surface area contributed by atoms with Crippen molar-refractivity contribution in [2.75, 3.05) is 11.8 Å². The number of hydrogen-bond donors (Lipinski definition) is 2. The monoisotopic (exact) mass is 364 g/mol. The van der Waals surface area contributed by atoms with E-state index in [-0.39, 0.29) is 4.90 Å². The summed E-state index contributed by atoms with van der Waals surface area (Å²) < 4.78 is 32.2. The zero-order chi connectivity index (χ0) is 17.3. The molecule has 0 fully saturated rings. The van der Waals surface area contributed by atoms with Gasteiger partial charge in [0.2, 0.25) is 0 Å². The van der Waals surface area contributed by atoms with Gasteiger partial charge in [-0.1, -0.05) is 11.6 Å². The third-order valence-corrected chi connectivity index (χ3v) is 5.11. The molecular formula is C16H13ClN2O4S. The number of benzene rings is 2. The topological polar surface area (TPSA) is 88.3 Å². The molecule has 0 aliphatic rings. The Bertz CT molecular complexity index is 1010. The van der Waals surface area contributed by atoms with E-state index in [0.29, 0.717) is 27.2 Å². The maximum atomic E-state index is 12.6. The summed E-state index contributed by atoms with van der Waals surface area (Å²) in [4.78, 5) is 14.4. The van der Waals surface area contributed by atoms with Crippen LogP contribution in [0.2, 0.25) is 5.02 Å². The van der Waals surface area contributed by atoms with Crippen LogP contribution in [0.5, 0.6) is 0 Å². The summed E-state index contributed by atoms with van der Waals surface area (Å²) in [6, 6.07) is 10.9. The van der Waals surface area contributed by atoms with E-state index in [0.717, 1.165) is 0 Å². The predicted octanol–water partition coefficient (Wildman–Crippen LogP) is 3.41. The van der Waals surface area contributed by atoms with Gasteiger partial charge in [0.25, 0.3) is 10.0 Å². The third kappa shape index (κ3) is 3.08. The van der Waals surface area contributed by atoms with Crippen LogP contribution >= 0.6 is 11.6 Å². The van der Waals surface area contributed by atoms with Crippen LogP contribution in [-0.4, -0.2) is 26.5 Å². The smallest absolute Gasteiger partial charge is 0.337 e. The highest BCUT2D eigenvalue weighted by Crippen LogP contribution is 2.27. The molecule has 124 valence electrons. The number of carbonyl (C=O) groups excluding carboxylic acids is 1. The summed E-state index contributed by atoms with van der Waals surface area (Å²) in [5.41, 5.74) is 1.30. The van der Waals surface area contributed by atoms with E-state index in [9.17, 15) is 13.2 Å². The second-order valence-electron chi connectivity index (χ2n) is 5.02. The first-order chi connectivity index (χ1) is 11.4. The minimum Gasteiger partial charge on any atom is -0.465 e. The van der Waals surface area contributed by atoms with E-state index in [2.05, 4.69) is 14.4 Å². The Morgan fingerprint density at radius 3 is 2.54 bits per heavy atom. The molecule has 3 rings (SSSR count). The summed E-state index contributed by atoms with van der Waals surface area (Å²) in [5, 5.41) is 1.05. The van der Waals surface area contributed by atoms with E-state index in [4.69, 9.17) is 11.6 Å². The molecule has 1 heterocycles. The van der Waals surface area contributed by atoms with Gasteiger partial charge in [0, 0.05) is 27.8 Å². The van der Waals surface area contributed by atoms with E-state index < -0.39 is 16.0 Å². The van der Waals surface area contributed by atoms with E-state index >= 15 is 0 Å². The lowest BCUT2D eigenvalue weighted by Gasteiger charge is -2.08. The number of aromatic amines is 1. The van der Waals surface area contributed by atoms with Crippen molar-refractivity contribution in [3.8, 4) is 0 Å². The highest BCUT2D eigenvalue weighted by atomic mass is 35.5. The maximum Gasteiger partial charge on any atom is 0.337 e. The van der Waals surface area contributed by atoms with Crippen LogP contribution in [0.15, 0.2) is 53.6 Å². The Balaban J connectivity index is 1.91. The van der Waals surface area contributed by atoms with Gasteiger partial charge in [0.1, 0.15) is 4.90 Å². The molecule has 0 unspecified atom stereocenters. The number of halogens is 1. The van der Waals surface area contributed by atoms with Gasteiger partial charge < -0.3 is 9.72 Å². The van der Waals surface area contributed by atoms with Crippen molar-refractivity contribution in [3.05, 3.63) is 59.2 Å². The first kappa shape index (κ1) is 16.4. The Labute approximate surface area is 143 Å². The molecule has 24 heavy (non-hydrogen) atoms. The van der Waals surface area contributed by atoms with Crippen molar-refractivity contribution in [2.24, 2.45) is 0 Å². The summed E-state index contributed by atoms with van der Waals surface area (Å²) >= 11 is 5.90. The largest absolute Gasteiger partial charge is 0.465 e. The van der Waals surface area contributed by atoms with Crippen LogP contribution in [0.1, 0.15) is 10.4 Å². The average Bonchev–Trinajstić information content (AvgIpc) is 2.98. The van der Waals surface area contributed by atoms with Crippen LogP contribution in [-0.2, 0) is 14.8 Å². The van der Waals surface area contributed by atoms with Gasteiger partial charge in [0.15, 0.2) is 0 Å². The van der Waals surface area contributed by atoms with E-state index in [1.807, 2.05) is 0 Å². The molecule has 0 saturated carbocycles. The van der Waals surface area contributed by atoms with E-state index in [1.54, 1.807) is 18.2 Å². The van der Waals surface area contributed by atoms with Crippen molar-refractivity contribution in [1.29, 1.82) is 0 Å². The standard InChI is InChI=1S/C16H13ClN2O4S/c1-23-16(20)10-2-5-12(6-3-10)19-24(21,22)15-9-18-14-8-11(17)4-7-13(14)15/h2-9,18-19H,1H3. The SMILES string of the molecule is COC(=O)c1ccc(NS(=O)(=O)c2c[nH]c3cc(Cl)ccc23)cc1. The van der Waals surface area contributed by atoms with Crippen LogP contribution < -0.4 is 4.72 Å². The van der Waals surface area contributed by atoms with Crippen molar-refractivity contribution < 1.29 is 17.9 Å². The maximum absolute atomic E-state index is 12.6. The fraction of sp³-hybridized carbons (Fsp3) is 0.0625. The normalized spacial score (nSPS) is 11.4. The Morgan fingerprint density at radius 2 is 1.88 bits per heavy atom. The van der Waals surface area contributed by atoms with Crippen LogP contribution in [0, 0.1) is 0 Å². The molecule has 0 spiro atoms. The number of aromatic nitrogens is 1. The number of H-pyrrole nitrogens is 1. The third-order valence-electron chi connectivity index (χ3n) is 3.45. The number of methoxy groups -OCH3 is 1. The first-order valence-electron chi connectivity index (χ1n) is 6.88. The van der Waals surface area contributed by atoms with Gasteiger partial charge in [0.05, 0.1) is 12.7 Å². The number of hydrogen-bond acceptors (Lipinski definition) is 4. The number of fused-ring (bicyclic) bond motifs is 1. The number of esters is 1. The second-order valence-corrected chi connectivity index (χ2v) is 7.10. The zero-order valence-corrected chi connectivity index (χ0v) is 14.1. The molecule has 2 N–H and O–H groups in total. The summed E-state index contributed by atoms with van der Waals surface area (Å²) in [6.45, 7) is 0. The lowest BCUT2D eigenvalue weighted by Crippen LogP contribution is -2.12. The first-order valence-corrected chi connectivity index (χ1v) is 8.74. The zero-order valence-electron chi connectivity index (χ0n) is 12.5. The highest BCUT2D eigenvalue weighted by Gasteiger charge is 2.19. The van der Waals surface area contributed by atoms with Crippen molar-refractivity contribution in [3.63, 3.8) is 0 Å². The molecule has 0 amide bonds. The van der Waals surface area contributed by atoms with Gasteiger partial charge in [-0.25, -0.2) is 13.2 Å². The molecule has 0 aliphatic carbocycles. The summed E-state index contributed by atoms with van der Waals surface area (Å²) in [7, 11) is -2.51. The minimum absolute atomic E-state index is 0.117. The van der Waals surface area contributed by atoms with E-state index in [1.165, 1.54) is 37.6 Å². The Morgan fingerprint density at radius 1 is 1.17 bits per heavy atom. The molecular weight excluding hydrogens is 352 g/mol. The number of ether oxygens (including phenoxy) is 1. The molecule has 0 saturated heterocycles. The summed E-state index contributed by atoms with van der Waals surface area (Å²) in [5.74, 6) is -0.488. The molecule has 0 bridgehead atoms. The molecule has 3 aromatic rings. The lowest BCUT2D eigenvalue weighted by atomic mass is 10.2. The molecule has 2 aromatic carbocycles. The number of rotatable bonds is 4. The molecule has 6 nitrogen and oxygen atoms in total. The van der Waals surface area contributed by atoms with Crippen molar-refractivity contribution in [2.45, 2.75) is 4.90 Å². The Kier molecular flexibility index (Phi) is 4.21. The minimum atomic E-state index is -3.79. The van der Waals surface area contributed by atoms with Crippen LogP contribution in [0.4, 0.5) is 5.69 Å². The van der Waals surface area contributed by atoms with Gasteiger partial charge in [-0.2, -0.15) is 0 Å². The number of anilines is 1. The number of carbonyl (C=O) groups is 1. The quantitative estimate of drug-likeness (QED) is 0.694. The van der Waals surface area contributed by atoms with Crippen LogP contribution in [0.25, 0.3) is 10.9 Å². The second kappa shape index (κ2) is 6.18. The molecule has 0 atom stereocenters. The lowest BCUT2D eigenvalue weighted by molar-refractivity contribution is 0.0601. The number of sulfonamides is 1. The fourth-order valence-electron chi connectivity index (χ4n) is 2.30. The Hall–Kier alpha value is -2.51. The predicted molar refractivity (Wildman–Crippen MR) is 91.9 cm³/mol.